The number of ether oxygens (including phenoxy) is 1. The molecule has 0 aliphatic heterocycles. The molecule has 0 bridgehead atoms. The molecule has 2 N–H and O–H groups in total. The summed E-state index contributed by atoms with van der Waals surface area (Å²) >= 11 is 3.32. The third-order valence-corrected chi connectivity index (χ3v) is 5.32. The zero-order valence-corrected chi connectivity index (χ0v) is 18.4. The van der Waals surface area contributed by atoms with Gasteiger partial charge in [-0.3, -0.25) is 4.79 Å². The van der Waals surface area contributed by atoms with Crippen LogP contribution in [0.3, 0.4) is 0 Å². The van der Waals surface area contributed by atoms with Crippen LogP contribution in [0.4, 0.5) is 0 Å². The van der Waals surface area contributed by atoms with E-state index in [1.165, 1.54) is 11.8 Å². The lowest BCUT2D eigenvalue weighted by Gasteiger charge is -2.26. The standard InChI is InChI=1S/C24H23BrN2O3/c1-24(2,18-6-4-3-5-7-18)19-8-11-21(12-9-19)30-16-23(29)27-26-15-17-14-20(25)10-13-22(17)28/h3-15,28H,16H2,1-2H3,(H,27,29). The lowest BCUT2D eigenvalue weighted by molar-refractivity contribution is -0.123. The first-order valence-corrected chi connectivity index (χ1v) is 10.2. The molecule has 154 valence electrons. The summed E-state index contributed by atoms with van der Waals surface area (Å²) in [7, 11) is 0. The van der Waals surface area contributed by atoms with Gasteiger partial charge >= 0.3 is 0 Å². The first-order valence-electron chi connectivity index (χ1n) is 9.45. The largest absolute Gasteiger partial charge is 0.507 e. The molecule has 0 spiro atoms. The van der Waals surface area contributed by atoms with E-state index in [0.717, 1.165) is 10.0 Å². The molecule has 0 aromatic heterocycles. The Morgan fingerprint density at radius 1 is 1.07 bits per heavy atom. The summed E-state index contributed by atoms with van der Waals surface area (Å²) in [5, 5.41) is 13.6. The van der Waals surface area contributed by atoms with Crippen LogP contribution in [0.1, 0.15) is 30.5 Å². The molecule has 30 heavy (non-hydrogen) atoms. The molecule has 0 radical (unpaired) electrons. The van der Waals surface area contributed by atoms with Crippen molar-refractivity contribution in [2.24, 2.45) is 5.10 Å². The molecule has 5 nitrogen and oxygen atoms in total. The number of carbonyl (C=O) groups excluding carboxylic acids is 1. The van der Waals surface area contributed by atoms with Crippen molar-refractivity contribution in [2.75, 3.05) is 6.61 Å². The summed E-state index contributed by atoms with van der Waals surface area (Å²) in [6.45, 7) is 4.18. The number of rotatable bonds is 7. The van der Waals surface area contributed by atoms with Gasteiger partial charge in [0.15, 0.2) is 6.61 Å². The minimum atomic E-state index is -0.394. The molecule has 0 aliphatic carbocycles. The van der Waals surface area contributed by atoms with Crippen LogP contribution in [0.15, 0.2) is 82.4 Å². The molecule has 0 aliphatic rings. The van der Waals surface area contributed by atoms with E-state index in [0.29, 0.717) is 11.3 Å². The smallest absolute Gasteiger partial charge is 0.277 e. The summed E-state index contributed by atoms with van der Waals surface area (Å²) < 4.78 is 6.35. The summed E-state index contributed by atoms with van der Waals surface area (Å²) in [6, 6.07) is 23.0. The second-order valence-electron chi connectivity index (χ2n) is 7.30. The Labute approximate surface area is 184 Å². The quantitative estimate of drug-likeness (QED) is 0.379. The molecular weight excluding hydrogens is 444 g/mol. The van der Waals surface area contributed by atoms with E-state index >= 15 is 0 Å². The Morgan fingerprint density at radius 3 is 2.43 bits per heavy atom. The number of hydrazone groups is 1. The van der Waals surface area contributed by atoms with E-state index in [9.17, 15) is 9.90 Å². The predicted octanol–water partition coefficient (Wildman–Crippen LogP) is 5.01. The molecule has 0 fully saturated rings. The van der Waals surface area contributed by atoms with Gasteiger partial charge in [0.25, 0.3) is 5.91 Å². The van der Waals surface area contributed by atoms with Crippen LogP contribution < -0.4 is 10.2 Å². The maximum absolute atomic E-state index is 11.9. The van der Waals surface area contributed by atoms with Crippen molar-refractivity contribution in [2.45, 2.75) is 19.3 Å². The fraction of sp³-hybridized carbons (Fsp3) is 0.167. The van der Waals surface area contributed by atoms with Gasteiger partial charge in [0.1, 0.15) is 11.5 Å². The van der Waals surface area contributed by atoms with E-state index in [1.807, 2.05) is 42.5 Å². The van der Waals surface area contributed by atoms with Crippen LogP contribution in [-0.2, 0) is 10.2 Å². The highest BCUT2D eigenvalue weighted by atomic mass is 79.9. The van der Waals surface area contributed by atoms with Crippen molar-refractivity contribution in [1.82, 2.24) is 5.43 Å². The van der Waals surface area contributed by atoms with Crippen LogP contribution in [-0.4, -0.2) is 23.8 Å². The molecule has 0 atom stereocenters. The highest BCUT2D eigenvalue weighted by Crippen LogP contribution is 2.32. The Kier molecular flexibility index (Phi) is 6.90. The number of nitrogens with zero attached hydrogens (tertiary/aromatic N) is 1. The van der Waals surface area contributed by atoms with E-state index in [2.05, 4.69) is 52.4 Å². The summed E-state index contributed by atoms with van der Waals surface area (Å²) in [4.78, 5) is 11.9. The molecule has 0 heterocycles. The van der Waals surface area contributed by atoms with Crippen molar-refractivity contribution < 1.29 is 14.6 Å². The number of phenolic OH excluding ortho intramolecular Hbond substituents is 1. The molecule has 3 rings (SSSR count). The highest BCUT2D eigenvalue weighted by molar-refractivity contribution is 9.10. The Balaban J connectivity index is 1.54. The summed E-state index contributed by atoms with van der Waals surface area (Å²) in [6.07, 6.45) is 1.37. The van der Waals surface area contributed by atoms with Crippen LogP contribution in [0.5, 0.6) is 11.5 Å². The van der Waals surface area contributed by atoms with Crippen LogP contribution in [0.25, 0.3) is 0 Å². The molecule has 0 saturated heterocycles. The van der Waals surface area contributed by atoms with Crippen molar-refractivity contribution >= 4 is 28.1 Å². The number of halogens is 1. The van der Waals surface area contributed by atoms with Gasteiger partial charge in [0, 0.05) is 15.5 Å². The zero-order valence-electron chi connectivity index (χ0n) is 16.8. The van der Waals surface area contributed by atoms with Crippen LogP contribution in [0.2, 0.25) is 0 Å². The molecule has 0 saturated carbocycles. The van der Waals surface area contributed by atoms with Crippen molar-refractivity contribution in [1.29, 1.82) is 0 Å². The maximum Gasteiger partial charge on any atom is 0.277 e. The number of benzene rings is 3. The minimum absolute atomic E-state index is 0.0750. The van der Waals surface area contributed by atoms with Gasteiger partial charge in [0.05, 0.1) is 6.21 Å². The lowest BCUT2D eigenvalue weighted by Crippen LogP contribution is -2.24. The van der Waals surface area contributed by atoms with Gasteiger partial charge in [-0.2, -0.15) is 5.10 Å². The van der Waals surface area contributed by atoms with E-state index < -0.39 is 5.91 Å². The Morgan fingerprint density at radius 2 is 1.73 bits per heavy atom. The average Bonchev–Trinajstić information content (AvgIpc) is 2.75. The summed E-state index contributed by atoms with van der Waals surface area (Å²) in [5.41, 5.74) is 5.12. The van der Waals surface area contributed by atoms with E-state index in [4.69, 9.17) is 4.74 Å². The van der Waals surface area contributed by atoms with Crippen molar-refractivity contribution in [3.63, 3.8) is 0 Å². The van der Waals surface area contributed by atoms with Gasteiger partial charge in [0.2, 0.25) is 0 Å². The monoisotopic (exact) mass is 466 g/mol. The van der Waals surface area contributed by atoms with Crippen LogP contribution in [0, 0.1) is 0 Å². The number of hydrogen-bond acceptors (Lipinski definition) is 4. The minimum Gasteiger partial charge on any atom is -0.507 e. The van der Waals surface area contributed by atoms with E-state index in [-0.39, 0.29) is 17.8 Å². The molecule has 0 unspecified atom stereocenters. The fourth-order valence-electron chi connectivity index (χ4n) is 2.97. The van der Waals surface area contributed by atoms with Gasteiger partial charge in [-0.1, -0.05) is 72.2 Å². The number of carbonyl (C=O) groups is 1. The van der Waals surface area contributed by atoms with Crippen molar-refractivity contribution in [3.8, 4) is 11.5 Å². The molecular formula is C24H23BrN2O3. The third-order valence-electron chi connectivity index (χ3n) is 4.82. The number of aromatic hydroxyl groups is 1. The second kappa shape index (κ2) is 9.59. The maximum atomic E-state index is 11.9. The van der Waals surface area contributed by atoms with Gasteiger partial charge < -0.3 is 9.84 Å². The number of hydrogen-bond donors (Lipinski definition) is 2. The first kappa shape index (κ1) is 21.6. The Hall–Kier alpha value is -3.12. The first-order chi connectivity index (χ1) is 14.4. The van der Waals surface area contributed by atoms with Gasteiger partial charge in [-0.05, 0) is 41.5 Å². The Bertz CT molecular complexity index is 1030. The summed E-state index contributed by atoms with van der Waals surface area (Å²) in [5.74, 6) is 0.284. The topological polar surface area (TPSA) is 70.9 Å². The number of amides is 1. The third kappa shape index (κ3) is 5.48. The normalized spacial score (nSPS) is 11.4. The van der Waals surface area contributed by atoms with E-state index in [1.54, 1.807) is 18.2 Å². The lowest BCUT2D eigenvalue weighted by atomic mass is 9.78. The zero-order chi connectivity index (χ0) is 21.6. The SMILES string of the molecule is CC(C)(c1ccccc1)c1ccc(OCC(=O)NN=Cc2cc(Br)ccc2O)cc1. The molecule has 6 heteroatoms. The number of nitrogens with one attached hydrogen (secondary N) is 1. The highest BCUT2D eigenvalue weighted by Gasteiger charge is 2.22. The van der Waals surface area contributed by atoms with Gasteiger partial charge in [-0.15, -0.1) is 0 Å². The number of phenols is 1. The fourth-order valence-corrected chi connectivity index (χ4v) is 3.35. The average molecular weight is 467 g/mol. The van der Waals surface area contributed by atoms with Crippen LogP contribution >= 0.6 is 15.9 Å². The second-order valence-corrected chi connectivity index (χ2v) is 8.22. The van der Waals surface area contributed by atoms with Gasteiger partial charge in [-0.25, -0.2) is 5.43 Å². The molecule has 3 aromatic rings. The predicted molar refractivity (Wildman–Crippen MR) is 122 cm³/mol. The molecule has 1 amide bonds. The molecule has 3 aromatic carbocycles. The van der Waals surface area contributed by atoms with Crippen molar-refractivity contribution in [3.05, 3.63) is 94.0 Å².